The molecule has 0 spiro atoms. The van der Waals surface area contributed by atoms with Crippen molar-refractivity contribution in [3.63, 3.8) is 0 Å². The SMILES string of the molecule is C[N+]1=NCC(c2cc(/C=N/NC(N)=S)c3ccccc3n2)=C1. The predicted octanol–water partition coefficient (Wildman–Crippen LogP) is 1.85. The normalized spacial score (nSPS) is 14.2. The number of azo groups is 2. The molecule has 1 aromatic carbocycles. The summed E-state index contributed by atoms with van der Waals surface area (Å²) in [6, 6.07) is 9.92. The predicted molar refractivity (Wildman–Crippen MR) is 90.7 cm³/mol. The highest BCUT2D eigenvalue weighted by atomic mass is 32.1. The molecule has 0 amide bonds. The molecule has 22 heavy (non-hydrogen) atoms. The molecular weight excluding hydrogens is 296 g/mol. The Labute approximate surface area is 133 Å². The van der Waals surface area contributed by atoms with E-state index in [2.05, 4.69) is 15.6 Å². The maximum atomic E-state index is 5.38. The van der Waals surface area contributed by atoms with Crippen LogP contribution in [0.3, 0.4) is 0 Å². The van der Waals surface area contributed by atoms with Gasteiger partial charge in [-0.05, 0) is 29.5 Å². The van der Waals surface area contributed by atoms with Gasteiger partial charge >= 0.3 is 0 Å². The Bertz CT molecular complexity index is 837. The first-order chi connectivity index (χ1) is 10.6. The number of hydrogen-bond acceptors (Lipinski definition) is 4. The number of nitrogens with zero attached hydrogens (tertiary/aromatic N) is 4. The average Bonchev–Trinajstić information content (AvgIpc) is 2.93. The number of aromatic nitrogens is 1. The molecule has 0 unspecified atom stereocenters. The van der Waals surface area contributed by atoms with Gasteiger partial charge in [-0.15, -0.1) is 0 Å². The number of nitrogens with two attached hydrogens (primary N) is 1. The van der Waals surface area contributed by atoms with E-state index in [0.29, 0.717) is 6.54 Å². The summed E-state index contributed by atoms with van der Waals surface area (Å²) in [5.74, 6) is 0. The minimum Gasteiger partial charge on any atom is -0.375 e. The van der Waals surface area contributed by atoms with E-state index in [9.17, 15) is 0 Å². The number of hydrazone groups is 1. The van der Waals surface area contributed by atoms with Crippen LogP contribution in [0.25, 0.3) is 16.5 Å². The molecule has 0 bridgehead atoms. The number of pyridine rings is 1. The maximum Gasteiger partial charge on any atom is 0.202 e. The molecule has 1 aromatic heterocycles. The van der Waals surface area contributed by atoms with Gasteiger partial charge < -0.3 is 5.73 Å². The van der Waals surface area contributed by atoms with E-state index in [1.165, 1.54) is 0 Å². The van der Waals surface area contributed by atoms with E-state index >= 15 is 0 Å². The van der Waals surface area contributed by atoms with Gasteiger partial charge in [0.15, 0.2) is 12.2 Å². The Hall–Kier alpha value is -2.67. The third kappa shape index (κ3) is 2.99. The van der Waals surface area contributed by atoms with E-state index < -0.39 is 0 Å². The molecule has 1 aliphatic rings. The van der Waals surface area contributed by atoms with Crippen molar-refractivity contribution in [1.29, 1.82) is 0 Å². The molecule has 2 aromatic rings. The van der Waals surface area contributed by atoms with Gasteiger partial charge in [0, 0.05) is 10.9 Å². The van der Waals surface area contributed by atoms with E-state index in [0.717, 1.165) is 27.7 Å². The second-order valence-electron chi connectivity index (χ2n) is 4.88. The van der Waals surface area contributed by atoms with Crippen LogP contribution in [0.15, 0.2) is 46.7 Å². The van der Waals surface area contributed by atoms with Crippen molar-refractivity contribution >= 4 is 40.0 Å². The molecule has 6 nitrogen and oxygen atoms in total. The van der Waals surface area contributed by atoms with Crippen molar-refractivity contribution in [2.75, 3.05) is 13.6 Å². The Morgan fingerprint density at radius 2 is 2.27 bits per heavy atom. The molecule has 0 saturated heterocycles. The molecule has 0 aliphatic carbocycles. The molecule has 0 atom stereocenters. The first-order valence-electron chi connectivity index (χ1n) is 6.73. The minimum absolute atomic E-state index is 0.133. The summed E-state index contributed by atoms with van der Waals surface area (Å²) in [4.78, 5) is 4.71. The summed E-state index contributed by atoms with van der Waals surface area (Å²) in [5.41, 5.74) is 11.8. The van der Waals surface area contributed by atoms with E-state index in [4.69, 9.17) is 22.9 Å². The first-order valence-corrected chi connectivity index (χ1v) is 7.14. The lowest BCUT2D eigenvalue weighted by molar-refractivity contribution is -0.491. The lowest BCUT2D eigenvalue weighted by atomic mass is 10.1. The van der Waals surface area contributed by atoms with E-state index in [1.807, 2.05) is 43.6 Å². The third-order valence-electron chi connectivity index (χ3n) is 3.26. The van der Waals surface area contributed by atoms with Gasteiger partial charge in [-0.25, -0.2) is 4.98 Å². The number of fused-ring (bicyclic) bond motifs is 1. The standard InChI is InChI=1S/C15H14N6S/c1-21-9-11(8-18-21)14-6-10(7-17-20-15(16)22)12-4-2-3-5-13(12)19-14/h2-7,9H,8H2,1H3,(H2-,16,19,20,22)/p+1. The van der Waals surface area contributed by atoms with Gasteiger partial charge in [0.05, 0.1) is 23.0 Å². The largest absolute Gasteiger partial charge is 0.375 e. The van der Waals surface area contributed by atoms with Crippen LogP contribution in [-0.4, -0.2) is 34.6 Å². The van der Waals surface area contributed by atoms with Crippen LogP contribution in [0.1, 0.15) is 11.3 Å². The summed E-state index contributed by atoms with van der Waals surface area (Å²) < 4.78 is 1.80. The average molecular weight is 311 g/mol. The number of benzene rings is 1. The molecule has 0 fully saturated rings. The zero-order valence-electron chi connectivity index (χ0n) is 12.0. The Morgan fingerprint density at radius 3 is 3.00 bits per heavy atom. The summed E-state index contributed by atoms with van der Waals surface area (Å²) in [7, 11) is 1.91. The smallest absolute Gasteiger partial charge is 0.202 e. The monoisotopic (exact) mass is 311 g/mol. The van der Waals surface area contributed by atoms with Gasteiger partial charge in [0.25, 0.3) is 0 Å². The lowest BCUT2D eigenvalue weighted by Gasteiger charge is -2.05. The molecule has 3 N–H and O–H groups in total. The van der Waals surface area contributed by atoms with Gasteiger partial charge in [-0.2, -0.15) is 5.10 Å². The van der Waals surface area contributed by atoms with Gasteiger partial charge in [0.2, 0.25) is 6.20 Å². The number of hydrogen-bond donors (Lipinski definition) is 2. The fraction of sp³-hybridized carbons (Fsp3) is 0.133. The molecular formula is C15H15N6S+. The van der Waals surface area contributed by atoms with Crippen molar-refractivity contribution < 1.29 is 4.70 Å². The molecule has 2 heterocycles. The quantitative estimate of drug-likeness (QED) is 0.392. The summed E-state index contributed by atoms with van der Waals surface area (Å²) >= 11 is 4.75. The lowest BCUT2D eigenvalue weighted by Crippen LogP contribution is -2.24. The van der Waals surface area contributed by atoms with E-state index in [1.54, 1.807) is 10.9 Å². The van der Waals surface area contributed by atoms with Crippen molar-refractivity contribution in [1.82, 2.24) is 10.4 Å². The zero-order chi connectivity index (χ0) is 15.5. The topological polar surface area (TPSA) is 78.7 Å². The van der Waals surface area contributed by atoms with Gasteiger partial charge in [0.1, 0.15) is 6.54 Å². The van der Waals surface area contributed by atoms with E-state index in [-0.39, 0.29) is 5.11 Å². The van der Waals surface area contributed by atoms with Crippen LogP contribution in [-0.2, 0) is 0 Å². The number of rotatable bonds is 3. The Kier molecular flexibility index (Phi) is 3.88. The summed E-state index contributed by atoms with van der Waals surface area (Å²) in [5, 5.41) is 9.51. The second kappa shape index (κ2) is 5.98. The fourth-order valence-corrected chi connectivity index (χ4v) is 2.33. The molecule has 3 rings (SSSR count). The molecule has 0 radical (unpaired) electrons. The highest BCUT2D eigenvalue weighted by molar-refractivity contribution is 7.80. The highest BCUT2D eigenvalue weighted by Crippen LogP contribution is 2.23. The summed E-state index contributed by atoms with van der Waals surface area (Å²) in [6.45, 7) is 0.629. The highest BCUT2D eigenvalue weighted by Gasteiger charge is 2.16. The number of thiocarbonyl (C=S) groups is 1. The van der Waals surface area contributed by atoms with Crippen molar-refractivity contribution in [2.24, 2.45) is 15.9 Å². The zero-order valence-corrected chi connectivity index (χ0v) is 12.8. The third-order valence-corrected chi connectivity index (χ3v) is 3.35. The Morgan fingerprint density at radius 1 is 1.45 bits per heavy atom. The van der Waals surface area contributed by atoms with Gasteiger partial charge in [-0.1, -0.05) is 22.9 Å². The molecule has 7 heteroatoms. The van der Waals surface area contributed by atoms with Crippen LogP contribution >= 0.6 is 12.2 Å². The first kappa shape index (κ1) is 14.3. The van der Waals surface area contributed by atoms with Crippen molar-refractivity contribution in [3.8, 4) is 0 Å². The van der Waals surface area contributed by atoms with Crippen LogP contribution in [0.5, 0.6) is 0 Å². The minimum atomic E-state index is 0.133. The van der Waals surface area contributed by atoms with Crippen molar-refractivity contribution in [3.05, 3.63) is 47.8 Å². The van der Waals surface area contributed by atoms with Crippen LogP contribution in [0.4, 0.5) is 0 Å². The van der Waals surface area contributed by atoms with Crippen LogP contribution < -0.4 is 11.2 Å². The summed E-state index contributed by atoms with van der Waals surface area (Å²) in [6.07, 6.45) is 3.67. The van der Waals surface area contributed by atoms with Gasteiger partial charge in [-0.3, -0.25) is 5.43 Å². The maximum absolute atomic E-state index is 5.38. The number of nitrogens with one attached hydrogen (secondary N) is 1. The molecule has 0 saturated carbocycles. The van der Waals surface area contributed by atoms with Crippen LogP contribution in [0.2, 0.25) is 0 Å². The molecule has 1 aliphatic heterocycles. The molecule has 110 valence electrons. The van der Waals surface area contributed by atoms with Crippen LogP contribution in [0, 0.1) is 0 Å². The second-order valence-corrected chi connectivity index (χ2v) is 5.32. The van der Waals surface area contributed by atoms with Crippen molar-refractivity contribution in [2.45, 2.75) is 0 Å². The fourth-order valence-electron chi connectivity index (χ4n) is 2.28. The number of para-hydroxylation sites is 1. The Balaban J connectivity index is 2.07.